The fourth-order valence-corrected chi connectivity index (χ4v) is 8.10. The summed E-state index contributed by atoms with van der Waals surface area (Å²) in [5, 5.41) is 14.3. The predicted octanol–water partition coefficient (Wildman–Crippen LogP) is 5.35. The maximum absolute atomic E-state index is 13.0. The second-order valence-corrected chi connectivity index (χ2v) is 22.2. The van der Waals surface area contributed by atoms with Crippen molar-refractivity contribution in [3.8, 4) is 0 Å². The zero-order valence-electron chi connectivity index (χ0n) is 37.6. The summed E-state index contributed by atoms with van der Waals surface area (Å²) in [6.45, 7) is 20.8. The van der Waals surface area contributed by atoms with Crippen molar-refractivity contribution >= 4 is 56.2 Å². The minimum Gasteiger partial charge on any atom is -0.459 e. The van der Waals surface area contributed by atoms with Crippen molar-refractivity contribution < 1.29 is 59.9 Å². The lowest BCUT2D eigenvalue weighted by Gasteiger charge is -2.24. The summed E-state index contributed by atoms with van der Waals surface area (Å²) in [5.41, 5.74) is 2.97. The van der Waals surface area contributed by atoms with Crippen LogP contribution in [0.5, 0.6) is 0 Å². The maximum atomic E-state index is 13.0. The van der Waals surface area contributed by atoms with Crippen molar-refractivity contribution in [2.24, 2.45) is 11.8 Å². The summed E-state index contributed by atoms with van der Waals surface area (Å²) in [4.78, 5) is 50.5. The standard InChI is InChI=1S/C24H30BNO7S.C20H31NO6S/c1-14(2)22(26-23(27)20-11-8-18-13-33-25(29)21(18)16(20)5)24(28)32-12-17-6-9-19(10-7-17)34(30,31)15(3)4;1-13(2)17(21-19(23)27-20(5,6)7)18(22)26-12-15-8-10-16(11-9-15)28(24,25)14(3)4/h6-11,14-15,22,29H,12-13H2,1-5H3,(H,26,27);8-11,13-14,17H,12H2,1-7H3,(H,21,23)/t22-;17-/m00/s1. The maximum Gasteiger partial charge on any atom is 0.492 e. The number of hydrogen-bond acceptors (Lipinski definition) is 13. The first-order chi connectivity index (χ1) is 28.7. The minimum atomic E-state index is -3.38. The number of alkyl carbamates (subject to hydrolysis) is 1. The van der Waals surface area contributed by atoms with E-state index in [0.29, 0.717) is 27.7 Å². The lowest BCUT2D eigenvalue weighted by Crippen LogP contribution is -2.47. The summed E-state index contributed by atoms with van der Waals surface area (Å²) in [6, 6.07) is 14.1. The third-order valence-electron chi connectivity index (χ3n) is 9.80. The highest BCUT2D eigenvalue weighted by Gasteiger charge is 2.33. The zero-order chi connectivity index (χ0) is 46.9. The Morgan fingerprint density at radius 1 is 0.694 bits per heavy atom. The molecule has 4 rings (SSSR count). The van der Waals surface area contributed by atoms with Gasteiger partial charge in [0.05, 0.1) is 26.9 Å². The third kappa shape index (κ3) is 13.9. The van der Waals surface area contributed by atoms with E-state index in [2.05, 4.69) is 10.6 Å². The first kappa shape index (κ1) is 51.6. The van der Waals surface area contributed by atoms with Gasteiger partial charge in [0.15, 0.2) is 19.7 Å². The first-order valence-corrected chi connectivity index (χ1v) is 23.5. The highest BCUT2D eigenvalue weighted by atomic mass is 32.2. The van der Waals surface area contributed by atoms with Gasteiger partial charge in [-0.1, -0.05) is 58.0 Å². The molecule has 18 heteroatoms. The summed E-state index contributed by atoms with van der Waals surface area (Å²) in [5.74, 6) is -2.06. The smallest absolute Gasteiger partial charge is 0.459 e. The van der Waals surface area contributed by atoms with Gasteiger partial charge < -0.3 is 34.5 Å². The molecule has 0 bridgehead atoms. The second-order valence-electron chi connectivity index (χ2n) is 17.2. The number of carbonyl (C=O) groups excluding carboxylic acids is 4. The molecule has 0 spiro atoms. The van der Waals surface area contributed by atoms with Gasteiger partial charge in [0.1, 0.15) is 30.9 Å². The van der Waals surface area contributed by atoms with Crippen LogP contribution in [-0.4, -0.2) is 81.1 Å². The minimum absolute atomic E-state index is 0.0277. The Bertz CT molecular complexity index is 2270. The predicted molar refractivity (Wildman–Crippen MR) is 235 cm³/mol. The Morgan fingerprint density at radius 3 is 1.50 bits per heavy atom. The van der Waals surface area contributed by atoms with Gasteiger partial charge in [0.2, 0.25) is 0 Å². The van der Waals surface area contributed by atoms with E-state index in [-0.39, 0.29) is 41.4 Å². The largest absolute Gasteiger partial charge is 0.492 e. The lowest BCUT2D eigenvalue weighted by molar-refractivity contribution is -0.149. The Balaban J connectivity index is 0.000000337. The topological polar surface area (TPSA) is 218 Å². The summed E-state index contributed by atoms with van der Waals surface area (Å²) in [6.07, 6.45) is -0.689. The van der Waals surface area contributed by atoms with E-state index >= 15 is 0 Å². The van der Waals surface area contributed by atoms with Gasteiger partial charge in [-0.25, -0.2) is 31.2 Å². The van der Waals surface area contributed by atoms with E-state index in [1.807, 2.05) is 0 Å². The van der Waals surface area contributed by atoms with E-state index in [4.69, 9.17) is 18.9 Å². The zero-order valence-corrected chi connectivity index (χ0v) is 39.2. The van der Waals surface area contributed by atoms with Crippen LogP contribution in [0.15, 0.2) is 70.5 Å². The molecule has 62 heavy (non-hydrogen) atoms. The van der Waals surface area contributed by atoms with E-state index in [0.717, 1.165) is 5.56 Å². The molecule has 2 atom stereocenters. The molecule has 15 nitrogen and oxygen atoms in total. The van der Waals surface area contributed by atoms with Crippen molar-refractivity contribution in [2.45, 2.75) is 141 Å². The molecule has 3 aromatic carbocycles. The van der Waals surface area contributed by atoms with Crippen molar-refractivity contribution in [3.05, 3.63) is 88.5 Å². The Morgan fingerprint density at radius 2 is 1.11 bits per heavy atom. The van der Waals surface area contributed by atoms with Gasteiger partial charge in [0.25, 0.3) is 5.91 Å². The number of fused-ring (bicyclic) bond motifs is 1. The molecule has 340 valence electrons. The van der Waals surface area contributed by atoms with Crippen molar-refractivity contribution in [1.29, 1.82) is 0 Å². The summed E-state index contributed by atoms with van der Waals surface area (Å²) in [7, 11) is -7.80. The van der Waals surface area contributed by atoms with Gasteiger partial charge >= 0.3 is 25.2 Å². The molecule has 0 fully saturated rings. The van der Waals surface area contributed by atoms with Gasteiger partial charge in [-0.3, -0.25) is 4.79 Å². The van der Waals surface area contributed by atoms with Crippen LogP contribution < -0.4 is 16.1 Å². The number of rotatable bonds is 15. The average Bonchev–Trinajstić information content (AvgIpc) is 3.57. The molecule has 0 radical (unpaired) electrons. The van der Waals surface area contributed by atoms with Crippen LogP contribution in [0, 0.1) is 18.8 Å². The van der Waals surface area contributed by atoms with E-state index in [1.54, 1.807) is 119 Å². The van der Waals surface area contributed by atoms with Crippen LogP contribution in [0.2, 0.25) is 0 Å². The molecule has 0 saturated heterocycles. The molecule has 3 aromatic rings. The number of esters is 2. The van der Waals surface area contributed by atoms with Crippen molar-refractivity contribution in [3.63, 3.8) is 0 Å². The molecule has 0 unspecified atom stereocenters. The quantitative estimate of drug-likeness (QED) is 0.0997. The van der Waals surface area contributed by atoms with Crippen LogP contribution in [0.3, 0.4) is 0 Å². The highest BCUT2D eigenvalue weighted by Crippen LogP contribution is 2.20. The van der Waals surface area contributed by atoms with Crippen LogP contribution in [0.4, 0.5) is 4.79 Å². The number of nitrogens with one attached hydrogen (secondary N) is 2. The number of ether oxygens (including phenoxy) is 3. The highest BCUT2D eigenvalue weighted by molar-refractivity contribution is 7.92. The molecule has 1 heterocycles. The number of benzene rings is 3. The number of hydrogen-bond donors (Lipinski definition) is 3. The first-order valence-electron chi connectivity index (χ1n) is 20.4. The van der Waals surface area contributed by atoms with E-state index < -0.39 is 78.9 Å². The summed E-state index contributed by atoms with van der Waals surface area (Å²) < 4.78 is 69.9. The Labute approximate surface area is 366 Å². The van der Waals surface area contributed by atoms with Crippen LogP contribution in [0.25, 0.3) is 0 Å². The molecule has 0 aromatic heterocycles. The normalized spacial score (nSPS) is 13.9. The SMILES string of the molecule is CC(C)[C@H](NC(=O)OC(C)(C)C)C(=O)OCc1ccc(S(=O)(=O)C(C)C)cc1.Cc1c(C(=O)N[C@H](C(=O)OCc2ccc(S(=O)(=O)C(C)C)cc2)C(C)C)ccc2c1B(O)OC2. The van der Waals surface area contributed by atoms with Crippen LogP contribution in [-0.2, 0) is 67.9 Å². The van der Waals surface area contributed by atoms with Gasteiger partial charge in [0, 0.05) is 5.56 Å². The van der Waals surface area contributed by atoms with E-state index in [9.17, 15) is 41.0 Å². The summed E-state index contributed by atoms with van der Waals surface area (Å²) >= 11 is 0. The van der Waals surface area contributed by atoms with Crippen molar-refractivity contribution in [1.82, 2.24) is 10.6 Å². The third-order valence-corrected chi connectivity index (χ3v) is 14.1. The molecular weight excluding hydrogens is 839 g/mol. The molecule has 0 saturated carbocycles. The molecule has 2 amide bonds. The molecule has 0 aliphatic carbocycles. The van der Waals surface area contributed by atoms with Crippen molar-refractivity contribution in [2.75, 3.05) is 0 Å². The Hall–Kier alpha value is -4.78. The number of sulfone groups is 2. The Kier molecular flexibility index (Phi) is 17.9. The number of carbonyl (C=O) groups is 4. The molecule has 1 aliphatic rings. The molecular formula is C44H61BN2O13S2. The lowest BCUT2D eigenvalue weighted by atomic mass is 9.75. The van der Waals surface area contributed by atoms with E-state index in [1.165, 1.54) is 24.3 Å². The monoisotopic (exact) mass is 900 g/mol. The van der Waals surface area contributed by atoms with Gasteiger partial charge in [-0.2, -0.15) is 0 Å². The van der Waals surface area contributed by atoms with Gasteiger partial charge in [-0.05, 0) is 125 Å². The average molecular weight is 901 g/mol. The van der Waals surface area contributed by atoms with Crippen LogP contribution >= 0.6 is 0 Å². The molecule has 1 aliphatic heterocycles. The fourth-order valence-electron chi connectivity index (χ4n) is 5.98. The molecule has 3 N–H and O–H groups in total. The van der Waals surface area contributed by atoms with Gasteiger partial charge in [-0.15, -0.1) is 0 Å². The van der Waals surface area contributed by atoms with Crippen LogP contribution in [0.1, 0.15) is 109 Å². The number of amides is 2. The second kappa shape index (κ2) is 21.5. The fraction of sp³-hybridized carbons (Fsp3) is 0.500.